The van der Waals surface area contributed by atoms with E-state index in [1.165, 1.54) is 14.2 Å². The smallest absolute Gasteiger partial charge is 0.308 e. The quantitative estimate of drug-likeness (QED) is 0.0142. The summed E-state index contributed by atoms with van der Waals surface area (Å²) in [7, 11) is -2.19. The average molecular weight is 1340 g/mol. The molecular formula is C68H101ClN10O8Si4. The van der Waals surface area contributed by atoms with Crippen LogP contribution in [0.3, 0.4) is 0 Å². The minimum absolute atomic E-state index is 0.0477. The van der Waals surface area contributed by atoms with Crippen LogP contribution in [0.15, 0.2) is 91.4 Å². The minimum Gasteiger partial charge on any atom is -0.469 e. The van der Waals surface area contributed by atoms with Crippen LogP contribution in [0.2, 0.25) is 108 Å². The van der Waals surface area contributed by atoms with Crippen molar-refractivity contribution >= 4 is 78.8 Å². The fourth-order valence-electron chi connectivity index (χ4n) is 11.0. The first-order chi connectivity index (χ1) is 45.3. The lowest BCUT2D eigenvalue weighted by molar-refractivity contribution is -0.147. The Bertz CT molecular complexity index is 3670. The molecule has 7 aromatic rings. The van der Waals surface area contributed by atoms with Gasteiger partial charge in [-0.15, -0.1) is 0 Å². The van der Waals surface area contributed by atoms with Gasteiger partial charge < -0.3 is 38.2 Å². The molecule has 0 amide bonds. The molecule has 0 bridgehead atoms. The van der Waals surface area contributed by atoms with Gasteiger partial charge in [0.15, 0.2) is 11.3 Å². The van der Waals surface area contributed by atoms with Crippen LogP contribution >= 0.6 is 11.6 Å². The van der Waals surface area contributed by atoms with Gasteiger partial charge in [0.05, 0.1) is 51.0 Å². The number of anilines is 2. The summed E-state index contributed by atoms with van der Waals surface area (Å²) in [6, 6.07) is 13.8. The van der Waals surface area contributed by atoms with Crippen molar-refractivity contribution in [3.63, 3.8) is 0 Å². The van der Waals surface area contributed by atoms with Crippen LogP contribution in [-0.2, 0) is 38.0 Å². The second kappa shape index (κ2) is 32.4. The number of carbonyl (C=O) groups is 2. The first-order valence-corrected chi connectivity index (χ1v) is 47.4. The Balaban J connectivity index is 0.000000251. The van der Waals surface area contributed by atoms with Crippen LogP contribution in [-0.4, -0.2) is 151 Å². The summed E-state index contributed by atoms with van der Waals surface area (Å²) < 4.78 is 79.9. The van der Waals surface area contributed by atoms with E-state index in [2.05, 4.69) is 110 Å². The molecule has 0 atom stereocenters. The Kier molecular flexibility index (Phi) is 22.8. The zero-order valence-corrected chi connectivity index (χ0v) is 61.1. The summed E-state index contributed by atoms with van der Waals surface area (Å²) in [5.41, 5.74) is 6.81. The molecule has 18 nitrogen and oxygen atoms in total. The van der Waals surface area contributed by atoms with Crippen molar-refractivity contribution in [3.8, 4) is 33.5 Å². The predicted molar refractivity (Wildman–Crippen MR) is 377 cm³/mol. The molecule has 6 aromatic heterocycles. The molecule has 0 saturated heterocycles. The first kappa shape index (κ1) is 64.0. The van der Waals surface area contributed by atoms with Crippen molar-refractivity contribution in [1.82, 2.24) is 39.2 Å². The van der Waals surface area contributed by atoms with Gasteiger partial charge in [0.1, 0.15) is 43.7 Å². The van der Waals surface area contributed by atoms with E-state index in [9.17, 15) is 9.59 Å². The van der Waals surface area contributed by atoms with Crippen molar-refractivity contribution in [1.29, 1.82) is 0 Å². The number of aromatic nitrogens is 8. The van der Waals surface area contributed by atoms with E-state index in [-0.39, 0.29) is 59.0 Å². The fourth-order valence-corrected chi connectivity index (χ4v) is 14.1. The third kappa shape index (κ3) is 21.2. The summed E-state index contributed by atoms with van der Waals surface area (Å²) in [6.07, 6.45) is 13.3. The first-order valence-electron chi connectivity index (χ1n) is 34.7. The van der Waals surface area contributed by atoms with E-state index >= 15 is 0 Å². The van der Waals surface area contributed by atoms with Gasteiger partial charge in [-0.05, 0) is 93.7 Å². The Morgan fingerprint density at radius 1 is 0.516 bits per heavy atom. The van der Waals surface area contributed by atoms with E-state index in [4.69, 9.17) is 67.0 Å². The zero-order valence-electron chi connectivity index (χ0n) is 61.3. The van der Waals surface area contributed by atoms with Gasteiger partial charge >= 0.3 is 11.9 Å². The summed E-state index contributed by atoms with van der Waals surface area (Å²) in [5.74, 6) is 1.56. The van der Waals surface area contributed by atoms with Crippen LogP contribution in [0.4, 0.5) is 11.6 Å². The standard InChI is InChI=1S/C37H53N5O4Si2.C31H48ClN5O4Si2/c1-44-37(43)30-15-13-29(14-16-30)34-23-35(41(26-45-19-21-47(2,3)4)27-46-20-22-48(5,6)7)42-36(40-34)32(25-39-42)31-17-18-33(38-24-31)28-11-9-8-10-12-28;1-39-31(38)24-10-8-23(9-11-24)27-18-29(37-30(35-27)26(20-34-37)25-12-13-28(32)33-19-25)36(21-40-14-16-42(2,3)4)22-41-15-17-43(5,6)7/h8-12,17-18,23-25,29-30H,13-16,19-22,26-27H2,1-7H3;12-13,18-20,23-24H,8-11,14-17,21-22H2,1-7H3/i8D,9D,10D,11D,12D;. The molecule has 0 spiro atoms. The van der Waals surface area contributed by atoms with E-state index in [1.54, 1.807) is 30.7 Å². The maximum absolute atomic E-state index is 12.3. The monoisotopic (exact) mass is 1340 g/mol. The minimum atomic E-state index is -1.31. The number of rotatable bonds is 29. The molecule has 0 aliphatic heterocycles. The molecular weight excluding hydrogens is 1230 g/mol. The second-order valence-electron chi connectivity index (χ2n) is 29.1. The Morgan fingerprint density at radius 2 is 0.890 bits per heavy atom. The van der Waals surface area contributed by atoms with E-state index in [0.29, 0.717) is 69.7 Å². The summed E-state index contributed by atoms with van der Waals surface area (Å²) in [6.45, 7) is 32.3. The SMILES string of the molecule is COC(=O)C1CCC(c2cc(N(COCC[Si](C)(C)C)COCC[Si](C)(C)C)n3ncc(-c4ccc(Cl)nc4)c3n2)CC1.[2H]c1c([2H])c([2H])c(-c2ccc(-c3cnn4c(N(COCC[Si](C)(C)C)COCC[Si](C)(C)C)cc(C5CCC(C(=O)OC)CC5)nc34)cn2)c([2H])c1[2H]. The van der Waals surface area contributed by atoms with Crippen molar-refractivity contribution in [3.05, 3.63) is 108 Å². The van der Waals surface area contributed by atoms with Crippen LogP contribution in [0.1, 0.15) is 81.4 Å². The number of hydrogen-bond donors (Lipinski definition) is 0. The van der Waals surface area contributed by atoms with Gasteiger partial charge in [-0.2, -0.15) is 19.2 Å². The number of ether oxygens (including phenoxy) is 6. The van der Waals surface area contributed by atoms with Gasteiger partial charge in [-0.3, -0.25) is 14.6 Å². The maximum atomic E-state index is 12.3. The Hall–Kier alpha value is -5.70. The Labute approximate surface area is 556 Å². The van der Waals surface area contributed by atoms with Gasteiger partial charge in [-0.1, -0.05) is 126 Å². The Morgan fingerprint density at radius 3 is 1.22 bits per heavy atom. The molecule has 2 aliphatic carbocycles. The third-order valence-electron chi connectivity index (χ3n) is 16.8. The van der Waals surface area contributed by atoms with Crippen molar-refractivity contribution in [2.24, 2.45) is 11.8 Å². The van der Waals surface area contributed by atoms with Gasteiger partial charge in [-0.25, -0.2) is 15.0 Å². The lowest BCUT2D eigenvalue weighted by Gasteiger charge is -2.29. The second-order valence-corrected chi connectivity index (χ2v) is 52.0. The molecule has 23 heteroatoms. The highest BCUT2D eigenvalue weighted by Crippen LogP contribution is 2.40. The molecule has 0 radical (unpaired) electrons. The van der Waals surface area contributed by atoms with Gasteiger partial charge in [0, 0.05) is 134 Å². The van der Waals surface area contributed by atoms with E-state index < -0.39 is 50.4 Å². The average Bonchev–Trinajstić information content (AvgIpc) is 1.49. The molecule has 2 aliphatic rings. The van der Waals surface area contributed by atoms with Gasteiger partial charge in [0.25, 0.3) is 0 Å². The molecule has 2 saturated carbocycles. The van der Waals surface area contributed by atoms with Crippen LogP contribution in [0.25, 0.3) is 44.8 Å². The molecule has 9 rings (SSSR count). The molecule has 6 heterocycles. The van der Waals surface area contributed by atoms with Crippen molar-refractivity contribution in [2.75, 3.05) is 77.4 Å². The largest absolute Gasteiger partial charge is 0.469 e. The number of benzene rings is 1. The number of carbonyl (C=O) groups excluding carboxylic acids is 2. The summed E-state index contributed by atoms with van der Waals surface area (Å²) in [4.78, 5) is 48.0. The molecule has 2 fully saturated rings. The fraction of sp³-hybridized carbons (Fsp3) is 0.559. The number of pyridine rings is 2. The number of halogens is 1. The number of hydrogen-bond acceptors (Lipinski definition) is 16. The number of fused-ring (bicyclic) bond motifs is 2. The number of esters is 2. The third-order valence-corrected chi connectivity index (χ3v) is 23.8. The van der Waals surface area contributed by atoms with E-state index in [0.717, 1.165) is 121 Å². The molecule has 0 N–H and O–H groups in total. The molecule has 91 heavy (non-hydrogen) atoms. The highest BCUT2D eigenvalue weighted by atomic mass is 35.5. The normalized spacial score (nSPS) is 18.2. The summed E-state index contributed by atoms with van der Waals surface area (Å²) >= 11 is 6.10. The zero-order chi connectivity index (χ0) is 69.9. The van der Waals surface area contributed by atoms with Crippen LogP contribution in [0, 0.1) is 11.8 Å². The number of methoxy groups -OCH3 is 2. The lowest BCUT2D eigenvalue weighted by atomic mass is 9.80. The highest BCUT2D eigenvalue weighted by molar-refractivity contribution is 6.77. The highest BCUT2D eigenvalue weighted by Gasteiger charge is 2.32. The number of nitrogens with zero attached hydrogens (tertiary/aromatic N) is 10. The summed E-state index contributed by atoms with van der Waals surface area (Å²) in [5, 5.41) is 10.1. The predicted octanol–water partition coefficient (Wildman–Crippen LogP) is 15.7. The van der Waals surface area contributed by atoms with Crippen LogP contribution < -0.4 is 9.80 Å². The molecule has 1 aromatic carbocycles. The van der Waals surface area contributed by atoms with Crippen molar-refractivity contribution in [2.45, 2.75) is 166 Å². The topological polar surface area (TPSA) is 182 Å². The van der Waals surface area contributed by atoms with Gasteiger partial charge in [0.2, 0.25) is 0 Å². The molecule has 0 unspecified atom stereocenters. The lowest BCUT2D eigenvalue weighted by Crippen LogP contribution is -2.33. The van der Waals surface area contributed by atoms with Crippen molar-refractivity contribution < 1.29 is 44.9 Å². The van der Waals surface area contributed by atoms with E-state index in [1.807, 2.05) is 27.4 Å². The van der Waals surface area contributed by atoms with Crippen LogP contribution in [0.5, 0.6) is 0 Å². The maximum Gasteiger partial charge on any atom is 0.308 e. The molecule has 494 valence electrons.